The van der Waals surface area contributed by atoms with E-state index in [1.54, 1.807) is 23.9 Å². The molecule has 9 rings (SSSR count). The summed E-state index contributed by atoms with van der Waals surface area (Å²) in [7, 11) is 12.9. The zero-order chi connectivity index (χ0) is 41.4. The molecule has 4 aromatic carbocycles. The van der Waals surface area contributed by atoms with Crippen molar-refractivity contribution in [3.63, 3.8) is 0 Å². The second kappa shape index (κ2) is 16.0. The normalized spacial score (nSPS) is 12.5. The highest BCUT2D eigenvalue weighted by molar-refractivity contribution is 7.94. The van der Waals surface area contributed by atoms with E-state index in [0.717, 1.165) is 97.9 Å². The van der Waals surface area contributed by atoms with Gasteiger partial charge in [0, 0.05) is 33.2 Å². The number of rotatable bonds is 10. The van der Waals surface area contributed by atoms with E-state index in [2.05, 4.69) is 161 Å². The largest absolute Gasteiger partial charge is 0.457 e. The SMILES string of the molecule is C[N+](C)(C)Sc1ccc(Oc2cccc(-c3c4nc(cc5ccc([nH]5)c(-c5cccc(Oc6ccc(S[N+](C)(C)C)cc6)c5)c5nc(cc6ccc3[nH]6)C=C5)C=C4)c2)cc1. The summed E-state index contributed by atoms with van der Waals surface area (Å²) in [5.74, 6) is 3.06. The maximum atomic E-state index is 6.39. The Morgan fingerprint density at radius 2 is 0.850 bits per heavy atom. The monoisotopic (exact) mass is 826 g/mol. The van der Waals surface area contributed by atoms with E-state index in [9.17, 15) is 0 Å². The summed E-state index contributed by atoms with van der Waals surface area (Å²) in [5, 5.41) is 0. The van der Waals surface area contributed by atoms with Gasteiger partial charge in [-0.15, -0.1) is 0 Å². The summed E-state index contributed by atoms with van der Waals surface area (Å²) < 4.78 is 14.3. The molecule has 3 aromatic heterocycles. The van der Waals surface area contributed by atoms with Crippen LogP contribution in [0.15, 0.2) is 143 Å². The number of hydrogen-bond donors (Lipinski definition) is 2. The lowest BCUT2D eigenvalue weighted by Gasteiger charge is -2.20. The molecule has 0 amide bonds. The average Bonchev–Trinajstić information content (AvgIpc) is 4.04. The lowest BCUT2D eigenvalue weighted by Crippen LogP contribution is -2.24. The summed E-state index contributed by atoms with van der Waals surface area (Å²) in [6.07, 6.45) is 8.27. The van der Waals surface area contributed by atoms with Crippen LogP contribution >= 0.6 is 23.9 Å². The lowest BCUT2D eigenvalue weighted by molar-refractivity contribution is -0.726. The third-order valence-electron chi connectivity index (χ3n) is 9.52. The van der Waals surface area contributed by atoms with Gasteiger partial charge in [-0.1, -0.05) is 24.3 Å². The van der Waals surface area contributed by atoms with E-state index < -0.39 is 0 Å². The summed E-state index contributed by atoms with van der Waals surface area (Å²) in [6.45, 7) is 0. The Balaban J connectivity index is 1.10. The quantitative estimate of drug-likeness (QED) is 0.106. The predicted molar refractivity (Wildman–Crippen MR) is 251 cm³/mol. The highest BCUT2D eigenvalue weighted by Gasteiger charge is 2.16. The number of benzene rings is 4. The second-order valence-electron chi connectivity index (χ2n) is 16.4. The number of aromatic nitrogens is 4. The molecule has 0 saturated heterocycles. The van der Waals surface area contributed by atoms with Gasteiger partial charge >= 0.3 is 0 Å². The Labute approximate surface area is 359 Å². The second-order valence-corrected chi connectivity index (χ2v) is 19.9. The third-order valence-corrected chi connectivity index (χ3v) is 11.6. The molecule has 0 unspecified atom stereocenters. The van der Waals surface area contributed by atoms with Gasteiger partial charge in [0.25, 0.3) is 0 Å². The molecular formula is C50H46N6O2S2+2. The zero-order valence-electron chi connectivity index (χ0n) is 34.4. The number of aromatic amines is 2. The molecule has 0 spiro atoms. The molecular weight excluding hydrogens is 781 g/mol. The highest BCUT2D eigenvalue weighted by Crippen LogP contribution is 2.37. The van der Waals surface area contributed by atoms with E-state index >= 15 is 0 Å². The Morgan fingerprint density at radius 1 is 0.433 bits per heavy atom. The van der Waals surface area contributed by atoms with Crippen molar-refractivity contribution >= 4 is 70.3 Å². The minimum atomic E-state index is 0.747. The van der Waals surface area contributed by atoms with Crippen LogP contribution in [0.5, 0.6) is 23.0 Å². The Bertz CT molecular complexity index is 2750. The van der Waals surface area contributed by atoms with Gasteiger partial charge in [0.05, 0.1) is 74.9 Å². The molecule has 0 fully saturated rings. The molecule has 60 heavy (non-hydrogen) atoms. The number of H-pyrrole nitrogens is 2. The first-order valence-electron chi connectivity index (χ1n) is 19.8. The smallest absolute Gasteiger partial charge is 0.128 e. The van der Waals surface area contributed by atoms with Crippen molar-refractivity contribution in [2.75, 3.05) is 42.3 Å². The van der Waals surface area contributed by atoms with Crippen LogP contribution in [0.2, 0.25) is 0 Å². The maximum Gasteiger partial charge on any atom is 0.128 e. The maximum absolute atomic E-state index is 6.39. The highest BCUT2D eigenvalue weighted by atomic mass is 32.2. The first-order chi connectivity index (χ1) is 28.9. The molecule has 10 heteroatoms. The number of ether oxygens (including phenoxy) is 2. The van der Waals surface area contributed by atoms with Crippen LogP contribution in [0.25, 0.3) is 68.6 Å². The van der Waals surface area contributed by atoms with Gasteiger partial charge in [-0.3, -0.25) is 7.78 Å². The van der Waals surface area contributed by atoms with Crippen LogP contribution in [0.3, 0.4) is 0 Å². The molecule has 0 atom stereocenters. The van der Waals surface area contributed by atoms with Crippen molar-refractivity contribution in [1.82, 2.24) is 19.9 Å². The molecule has 0 aliphatic carbocycles. The zero-order valence-corrected chi connectivity index (χ0v) is 36.1. The fourth-order valence-corrected chi connectivity index (χ4v) is 8.93. The molecule has 8 nitrogen and oxygen atoms in total. The van der Waals surface area contributed by atoms with Crippen LogP contribution in [0, 0.1) is 0 Å². The van der Waals surface area contributed by atoms with E-state index in [1.807, 2.05) is 48.5 Å². The number of hydrogen-bond acceptors (Lipinski definition) is 6. The van der Waals surface area contributed by atoms with Gasteiger partial charge in [-0.25, -0.2) is 9.97 Å². The molecule has 2 aliphatic heterocycles. The van der Waals surface area contributed by atoms with Crippen LogP contribution in [0.1, 0.15) is 22.8 Å². The van der Waals surface area contributed by atoms with Crippen LogP contribution in [0.4, 0.5) is 0 Å². The fourth-order valence-electron chi connectivity index (χ4n) is 7.15. The van der Waals surface area contributed by atoms with Gasteiger partial charge in [-0.2, -0.15) is 0 Å². The number of nitrogens with one attached hydrogen (secondary N) is 2. The van der Waals surface area contributed by atoms with Gasteiger partial charge in [0.1, 0.15) is 46.9 Å². The van der Waals surface area contributed by atoms with E-state index in [4.69, 9.17) is 19.4 Å². The van der Waals surface area contributed by atoms with Gasteiger partial charge < -0.3 is 19.4 Å². The first kappa shape index (κ1) is 39.2. The molecule has 0 saturated carbocycles. The van der Waals surface area contributed by atoms with E-state index in [1.165, 1.54) is 9.79 Å². The Morgan fingerprint density at radius 3 is 1.25 bits per heavy atom. The van der Waals surface area contributed by atoms with E-state index in [0.29, 0.717) is 0 Å². The van der Waals surface area contributed by atoms with Crippen molar-refractivity contribution in [3.8, 4) is 45.3 Å². The van der Waals surface area contributed by atoms with Crippen molar-refractivity contribution in [1.29, 1.82) is 0 Å². The van der Waals surface area contributed by atoms with Crippen molar-refractivity contribution in [2.45, 2.75) is 9.79 Å². The molecule has 2 N–H and O–H groups in total. The average molecular weight is 827 g/mol. The molecule has 7 aromatic rings. The number of fused-ring (bicyclic) bond motifs is 8. The van der Waals surface area contributed by atoms with Crippen LogP contribution in [-0.2, 0) is 0 Å². The minimum Gasteiger partial charge on any atom is -0.457 e. The summed E-state index contributed by atoms with van der Waals surface area (Å²) in [5.41, 5.74) is 11.1. The van der Waals surface area contributed by atoms with Gasteiger partial charge in [0.2, 0.25) is 0 Å². The Kier molecular flexibility index (Phi) is 10.5. The van der Waals surface area contributed by atoms with Crippen LogP contribution in [-0.4, -0.2) is 70.0 Å². The predicted octanol–water partition coefficient (Wildman–Crippen LogP) is 13.0. The van der Waals surface area contributed by atoms with Crippen molar-refractivity contribution in [2.24, 2.45) is 0 Å². The molecule has 298 valence electrons. The van der Waals surface area contributed by atoms with Crippen molar-refractivity contribution < 1.29 is 17.3 Å². The van der Waals surface area contributed by atoms with Gasteiger partial charge in [0.15, 0.2) is 0 Å². The minimum absolute atomic E-state index is 0.747. The van der Waals surface area contributed by atoms with Crippen LogP contribution < -0.4 is 9.47 Å². The fraction of sp³-hybridized carbons (Fsp3) is 0.120. The molecule has 0 radical (unpaired) electrons. The van der Waals surface area contributed by atoms with Crippen molar-refractivity contribution in [3.05, 3.63) is 156 Å². The standard InChI is InChI=1S/C50H46N6O2S2/c1-55(2,3)59-43-21-17-39(18-22-43)57-41-11-7-9-33(29-41)49-45-25-13-35(51-45)31-37-15-27-47(53-37)50(48-28-16-38(54-48)32-36-14-26-46(49)52-36)34-10-8-12-42(30-34)58-40-19-23-44(24-20-40)60-56(4,5)6/h7-32,51,54H,1-6H3/q+2. The molecule has 5 heterocycles. The third kappa shape index (κ3) is 9.28. The summed E-state index contributed by atoms with van der Waals surface area (Å²) in [4.78, 5) is 20.0. The topological polar surface area (TPSA) is 75.8 Å². The van der Waals surface area contributed by atoms with Gasteiger partial charge in [-0.05, 0) is 145 Å². The summed E-state index contributed by atoms with van der Waals surface area (Å²) in [6, 6.07) is 45.4. The molecule has 8 bridgehead atoms. The summed E-state index contributed by atoms with van der Waals surface area (Å²) >= 11 is 3.56. The van der Waals surface area contributed by atoms with E-state index in [-0.39, 0.29) is 0 Å². The first-order valence-corrected chi connectivity index (χ1v) is 21.3. The Hall–Kier alpha value is -6.30. The lowest BCUT2D eigenvalue weighted by atomic mass is 10.0. The molecule has 2 aliphatic rings. The number of quaternary nitrogens is 2. The number of nitrogens with zero attached hydrogens (tertiary/aromatic N) is 4.